The van der Waals surface area contributed by atoms with Crippen molar-refractivity contribution in [3.63, 3.8) is 0 Å². The SMILES string of the molecule is CN1CCN(CC(=O)NC2CCC(C(=O)NCCc3cnccn3)CC2)C1=O.O=CO. The maximum absolute atomic E-state index is 12.3. The van der Waals surface area contributed by atoms with E-state index in [1.54, 1.807) is 35.4 Å². The number of carbonyl (C=O) groups excluding carboxylic acids is 3. The van der Waals surface area contributed by atoms with Crippen LogP contribution >= 0.6 is 0 Å². The molecule has 11 nitrogen and oxygen atoms in total. The average Bonchev–Trinajstić information content (AvgIpc) is 3.07. The van der Waals surface area contributed by atoms with Crippen LogP contribution in [0.3, 0.4) is 0 Å². The van der Waals surface area contributed by atoms with E-state index in [1.165, 1.54) is 0 Å². The van der Waals surface area contributed by atoms with Crippen LogP contribution in [-0.4, -0.2) is 88.5 Å². The minimum absolute atomic E-state index is 0.0104. The molecule has 3 N–H and O–H groups in total. The zero-order chi connectivity index (χ0) is 22.6. The summed E-state index contributed by atoms with van der Waals surface area (Å²) in [7, 11) is 1.74. The molecule has 11 heteroatoms. The highest BCUT2D eigenvalue weighted by Gasteiger charge is 2.30. The van der Waals surface area contributed by atoms with Gasteiger partial charge < -0.3 is 25.5 Å². The molecular weight excluding hydrogens is 404 g/mol. The topological polar surface area (TPSA) is 145 Å². The fourth-order valence-electron chi connectivity index (χ4n) is 3.71. The molecule has 2 aliphatic rings. The lowest BCUT2D eigenvalue weighted by Gasteiger charge is -2.29. The van der Waals surface area contributed by atoms with E-state index in [0.717, 1.165) is 31.4 Å². The smallest absolute Gasteiger partial charge is 0.320 e. The van der Waals surface area contributed by atoms with Crippen molar-refractivity contribution in [1.29, 1.82) is 0 Å². The molecule has 1 saturated heterocycles. The fourth-order valence-corrected chi connectivity index (χ4v) is 3.71. The number of urea groups is 1. The Balaban J connectivity index is 0.00000107. The molecule has 170 valence electrons. The third kappa shape index (κ3) is 7.83. The van der Waals surface area contributed by atoms with Gasteiger partial charge in [0.05, 0.1) is 5.69 Å². The average molecular weight is 434 g/mol. The van der Waals surface area contributed by atoms with Gasteiger partial charge in [-0.2, -0.15) is 0 Å². The molecule has 1 aromatic heterocycles. The van der Waals surface area contributed by atoms with Crippen LogP contribution < -0.4 is 10.6 Å². The van der Waals surface area contributed by atoms with Crippen molar-refractivity contribution in [2.45, 2.75) is 38.1 Å². The van der Waals surface area contributed by atoms with Gasteiger partial charge in [0, 0.05) is 63.7 Å². The van der Waals surface area contributed by atoms with Crippen LogP contribution in [0.4, 0.5) is 4.79 Å². The predicted octanol–water partition coefficient (Wildman–Crippen LogP) is -0.121. The van der Waals surface area contributed by atoms with E-state index in [1.807, 2.05) is 0 Å². The number of aromatic nitrogens is 2. The third-order valence-corrected chi connectivity index (χ3v) is 5.40. The normalized spacial score (nSPS) is 20.5. The highest BCUT2D eigenvalue weighted by molar-refractivity contribution is 5.85. The third-order valence-electron chi connectivity index (χ3n) is 5.40. The Kier molecular flexibility index (Phi) is 9.66. The molecular formula is C20H30N6O5. The van der Waals surface area contributed by atoms with Crippen LogP contribution in [-0.2, 0) is 20.8 Å². The molecule has 2 heterocycles. The molecule has 0 spiro atoms. The molecule has 1 aliphatic heterocycles. The summed E-state index contributed by atoms with van der Waals surface area (Å²) in [6, 6.07) is -0.0245. The summed E-state index contributed by atoms with van der Waals surface area (Å²) >= 11 is 0. The Labute approximate surface area is 181 Å². The summed E-state index contributed by atoms with van der Waals surface area (Å²) in [6.07, 6.45) is 8.71. The van der Waals surface area contributed by atoms with E-state index in [9.17, 15) is 14.4 Å². The highest BCUT2D eigenvalue weighted by atomic mass is 16.3. The number of carboxylic acid groups (broad SMARTS) is 1. The van der Waals surface area contributed by atoms with Crippen LogP contribution in [0.2, 0.25) is 0 Å². The van der Waals surface area contributed by atoms with Gasteiger partial charge in [0.25, 0.3) is 6.47 Å². The predicted molar refractivity (Wildman–Crippen MR) is 111 cm³/mol. The number of hydrogen-bond acceptors (Lipinski definition) is 6. The van der Waals surface area contributed by atoms with E-state index in [2.05, 4.69) is 20.6 Å². The molecule has 0 atom stereocenters. The van der Waals surface area contributed by atoms with Crippen LogP contribution in [0.5, 0.6) is 0 Å². The Hall–Kier alpha value is -3.24. The molecule has 0 radical (unpaired) electrons. The Morgan fingerprint density at radius 2 is 1.94 bits per heavy atom. The molecule has 0 bridgehead atoms. The number of hydrogen-bond donors (Lipinski definition) is 3. The van der Waals surface area contributed by atoms with E-state index < -0.39 is 0 Å². The Morgan fingerprint density at radius 1 is 1.23 bits per heavy atom. The van der Waals surface area contributed by atoms with Crippen molar-refractivity contribution in [3.8, 4) is 0 Å². The molecule has 3 rings (SSSR count). The number of amides is 4. The number of rotatable bonds is 7. The molecule has 31 heavy (non-hydrogen) atoms. The summed E-state index contributed by atoms with van der Waals surface area (Å²) in [6.45, 7) is 1.64. The number of likely N-dealkylation sites (N-methyl/N-ethyl adjacent to an activating group) is 1. The molecule has 1 aliphatic carbocycles. The first-order chi connectivity index (χ1) is 14.9. The van der Waals surface area contributed by atoms with Crippen molar-refractivity contribution in [2.75, 3.05) is 33.2 Å². The van der Waals surface area contributed by atoms with Crippen molar-refractivity contribution < 1.29 is 24.3 Å². The van der Waals surface area contributed by atoms with E-state index in [-0.39, 0.29) is 42.8 Å². The Morgan fingerprint density at radius 3 is 2.52 bits per heavy atom. The number of nitrogens with zero attached hydrogens (tertiary/aromatic N) is 4. The quantitative estimate of drug-likeness (QED) is 0.507. The van der Waals surface area contributed by atoms with Crippen LogP contribution in [0, 0.1) is 5.92 Å². The van der Waals surface area contributed by atoms with Crippen molar-refractivity contribution in [2.24, 2.45) is 5.92 Å². The monoisotopic (exact) mass is 434 g/mol. The van der Waals surface area contributed by atoms with Crippen LogP contribution in [0.15, 0.2) is 18.6 Å². The zero-order valence-electron chi connectivity index (χ0n) is 17.7. The summed E-state index contributed by atoms with van der Waals surface area (Å²) in [5.74, 6) is -0.0660. The second-order valence-corrected chi connectivity index (χ2v) is 7.58. The number of carbonyl (C=O) groups is 4. The van der Waals surface area contributed by atoms with E-state index in [4.69, 9.17) is 9.90 Å². The van der Waals surface area contributed by atoms with Crippen LogP contribution in [0.25, 0.3) is 0 Å². The van der Waals surface area contributed by atoms with Gasteiger partial charge in [0.1, 0.15) is 6.54 Å². The van der Waals surface area contributed by atoms with Gasteiger partial charge in [0.2, 0.25) is 11.8 Å². The van der Waals surface area contributed by atoms with Gasteiger partial charge in [0.15, 0.2) is 0 Å². The largest absolute Gasteiger partial charge is 0.483 e. The summed E-state index contributed by atoms with van der Waals surface area (Å²) < 4.78 is 0. The highest BCUT2D eigenvalue weighted by Crippen LogP contribution is 2.24. The second kappa shape index (κ2) is 12.5. The minimum Gasteiger partial charge on any atom is -0.483 e. The van der Waals surface area contributed by atoms with Gasteiger partial charge in [-0.25, -0.2) is 4.79 Å². The van der Waals surface area contributed by atoms with Gasteiger partial charge in [-0.05, 0) is 25.7 Å². The van der Waals surface area contributed by atoms with Gasteiger partial charge >= 0.3 is 6.03 Å². The van der Waals surface area contributed by atoms with Crippen molar-refractivity contribution >= 4 is 24.3 Å². The van der Waals surface area contributed by atoms with Gasteiger partial charge in [-0.15, -0.1) is 0 Å². The zero-order valence-corrected chi connectivity index (χ0v) is 17.7. The Bertz CT molecular complexity index is 739. The van der Waals surface area contributed by atoms with Gasteiger partial charge in [-0.3, -0.25) is 24.4 Å². The maximum atomic E-state index is 12.3. The summed E-state index contributed by atoms with van der Waals surface area (Å²) in [4.78, 5) is 56.1. The summed E-state index contributed by atoms with van der Waals surface area (Å²) in [5.41, 5.74) is 0.858. The first-order valence-electron chi connectivity index (χ1n) is 10.3. The minimum atomic E-state index is -0.250. The fraction of sp³-hybridized carbons (Fsp3) is 0.600. The molecule has 0 aromatic carbocycles. The lowest BCUT2D eigenvalue weighted by atomic mass is 9.85. The molecule has 2 fully saturated rings. The molecule has 1 aromatic rings. The van der Waals surface area contributed by atoms with E-state index in [0.29, 0.717) is 26.1 Å². The van der Waals surface area contributed by atoms with Crippen LogP contribution in [0.1, 0.15) is 31.4 Å². The first-order valence-corrected chi connectivity index (χ1v) is 10.3. The standard InChI is InChI=1S/C19H28N6O3.CH2O2/c1-24-10-11-25(19(24)28)13-17(26)23-15-4-2-14(3-5-15)18(27)22-7-6-16-12-20-8-9-21-16;2-1-3/h8-9,12,14-15H,2-7,10-11,13H2,1H3,(H,22,27)(H,23,26);1H,(H,2,3). The van der Waals surface area contributed by atoms with Crippen molar-refractivity contribution in [3.05, 3.63) is 24.3 Å². The molecule has 1 saturated carbocycles. The lowest BCUT2D eigenvalue weighted by molar-refractivity contribution is -0.126. The maximum Gasteiger partial charge on any atom is 0.320 e. The van der Waals surface area contributed by atoms with E-state index >= 15 is 0 Å². The van der Waals surface area contributed by atoms with Gasteiger partial charge in [-0.1, -0.05) is 0 Å². The summed E-state index contributed by atoms with van der Waals surface area (Å²) in [5, 5.41) is 12.9. The number of nitrogens with one attached hydrogen (secondary N) is 2. The first kappa shape index (κ1) is 24.0. The molecule has 4 amide bonds. The lowest BCUT2D eigenvalue weighted by Crippen LogP contribution is -2.45. The second-order valence-electron chi connectivity index (χ2n) is 7.58. The van der Waals surface area contributed by atoms with Crippen molar-refractivity contribution in [1.82, 2.24) is 30.4 Å². The molecule has 0 unspecified atom stereocenters.